The van der Waals surface area contributed by atoms with E-state index < -0.39 is 6.10 Å². The Labute approximate surface area is 136 Å². The van der Waals surface area contributed by atoms with Crippen molar-refractivity contribution in [3.05, 3.63) is 42.1 Å². The average Bonchev–Trinajstić information content (AvgIpc) is 2.94. The Kier molecular flexibility index (Phi) is 4.73. The van der Waals surface area contributed by atoms with Gasteiger partial charge in [-0.3, -0.25) is 9.48 Å². The van der Waals surface area contributed by atoms with E-state index in [4.69, 9.17) is 4.74 Å². The molecule has 1 aromatic carbocycles. The van der Waals surface area contributed by atoms with Gasteiger partial charge in [-0.1, -0.05) is 30.3 Å². The van der Waals surface area contributed by atoms with Crippen molar-refractivity contribution in [2.75, 3.05) is 26.7 Å². The lowest BCUT2D eigenvalue weighted by atomic mass is 10.1. The zero-order valence-corrected chi connectivity index (χ0v) is 13.5. The van der Waals surface area contributed by atoms with Gasteiger partial charge in [0.15, 0.2) is 0 Å². The highest BCUT2D eigenvalue weighted by molar-refractivity contribution is 5.81. The molecule has 1 aromatic heterocycles. The lowest BCUT2D eigenvalue weighted by Gasteiger charge is -2.29. The number of aryl methyl sites for hydroxylation is 1. The summed E-state index contributed by atoms with van der Waals surface area (Å²) in [7, 11) is 3.88. The minimum atomic E-state index is -0.398. The van der Waals surface area contributed by atoms with Crippen LogP contribution in [0.5, 0.6) is 0 Å². The molecule has 0 saturated carbocycles. The first-order valence-electron chi connectivity index (χ1n) is 7.79. The van der Waals surface area contributed by atoms with E-state index in [9.17, 15) is 4.79 Å². The second kappa shape index (κ2) is 6.93. The van der Waals surface area contributed by atoms with Crippen molar-refractivity contribution in [1.82, 2.24) is 20.0 Å². The standard InChI is InChI=1S/C17H22N4O2/c1-20-8-9-23-15(12-20)17(22)18-10-14-11-21(2)19-16(14)13-6-4-3-5-7-13/h3-7,11,15H,8-10,12H2,1-2H3,(H,18,22)/t15-/m0/s1. The van der Waals surface area contributed by atoms with Crippen LogP contribution in [0.15, 0.2) is 36.5 Å². The van der Waals surface area contributed by atoms with Gasteiger partial charge < -0.3 is 15.0 Å². The molecule has 3 rings (SSSR count). The summed E-state index contributed by atoms with van der Waals surface area (Å²) in [6.45, 7) is 2.53. The van der Waals surface area contributed by atoms with Gasteiger partial charge in [0, 0.05) is 44.0 Å². The summed E-state index contributed by atoms with van der Waals surface area (Å²) < 4.78 is 7.32. The largest absolute Gasteiger partial charge is 0.366 e. The Hall–Kier alpha value is -2.18. The van der Waals surface area contributed by atoms with Crippen LogP contribution in [0.2, 0.25) is 0 Å². The van der Waals surface area contributed by atoms with E-state index in [0.29, 0.717) is 19.7 Å². The molecule has 0 spiro atoms. The highest BCUT2D eigenvalue weighted by Gasteiger charge is 2.24. The van der Waals surface area contributed by atoms with Crippen LogP contribution in [-0.2, 0) is 23.1 Å². The minimum Gasteiger partial charge on any atom is -0.366 e. The van der Waals surface area contributed by atoms with Gasteiger partial charge in [-0.25, -0.2) is 0 Å². The van der Waals surface area contributed by atoms with Gasteiger partial charge in [-0.05, 0) is 7.05 Å². The Morgan fingerprint density at radius 2 is 2.13 bits per heavy atom. The molecule has 23 heavy (non-hydrogen) atoms. The predicted molar refractivity (Wildman–Crippen MR) is 87.7 cm³/mol. The number of amides is 1. The third-order valence-electron chi connectivity index (χ3n) is 3.97. The number of nitrogens with zero attached hydrogens (tertiary/aromatic N) is 3. The average molecular weight is 314 g/mol. The fraction of sp³-hybridized carbons (Fsp3) is 0.412. The van der Waals surface area contributed by atoms with Crippen LogP contribution in [0.1, 0.15) is 5.56 Å². The Bertz CT molecular complexity index is 668. The molecule has 6 nitrogen and oxygen atoms in total. The number of hydrogen-bond donors (Lipinski definition) is 1. The van der Waals surface area contributed by atoms with Gasteiger partial charge in [0.25, 0.3) is 5.91 Å². The van der Waals surface area contributed by atoms with Gasteiger partial charge >= 0.3 is 0 Å². The Morgan fingerprint density at radius 3 is 2.87 bits per heavy atom. The van der Waals surface area contributed by atoms with E-state index in [2.05, 4.69) is 15.3 Å². The molecule has 122 valence electrons. The lowest BCUT2D eigenvalue weighted by Crippen LogP contribution is -2.48. The van der Waals surface area contributed by atoms with Crippen molar-refractivity contribution >= 4 is 5.91 Å². The molecule has 0 aliphatic carbocycles. The van der Waals surface area contributed by atoms with Crippen molar-refractivity contribution in [2.45, 2.75) is 12.6 Å². The number of rotatable bonds is 4. The van der Waals surface area contributed by atoms with Crippen LogP contribution >= 0.6 is 0 Å². The molecule has 1 saturated heterocycles. The number of aromatic nitrogens is 2. The monoisotopic (exact) mass is 314 g/mol. The first kappa shape index (κ1) is 15.7. The molecular formula is C17H22N4O2. The van der Waals surface area contributed by atoms with Gasteiger partial charge in [0.2, 0.25) is 0 Å². The normalized spacial score (nSPS) is 18.8. The summed E-state index contributed by atoms with van der Waals surface area (Å²) >= 11 is 0. The lowest BCUT2D eigenvalue weighted by molar-refractivity contribution is -0.137. The van der Waals surface area contributed by atoms with Crippen molar-refractivity contribution in [1.29, 1.82) is 0 Å². The summed E-state index contributed by atoms with van der Waals surface area (Å²) in [5.74, 6) is -0.0700. The second-order valence-corrected chi connectivity index (χ2v) is 5.88. The fourth-order valence-electron chi connectivity index (χ4n) is 2.74. The van der Waals surface area contributed by atoms with Crippen LogP contribution in [0.3, 0.4) is 0 Å². The van der Waals surface area contributed by atoms with E-state index in [1.807, 2.05) is 50.6 Å². The van der Waals surface area contributed by atoms with Crippen molar-refractivity contribution in [3.63, 3.8) is 0 Å². The van der Waals surface area contributed by atoms with E-state index in [1.54, 1.807) is 4.68 Å². The third-order valence-corrected chi connectivity index (χ3v) is 3.97. The zero-order chi connectivity index (χ0) is 16.2. The quantitative estimate of drug-likeness (QED) is 0.916. The van der Waals surface area contributed by atoms with E-state index in [1.165, 1.54) is 0 Å². The van der Waals surface area contributed by atoms with Gasteiger partial charge in [-0.15, -0.1) is 0 Å². The molecular weight excluding hydrogens is 292 g/mol. The number of carbonyl (C=O) groups is 1. The highest BCUT2D eigenvalue weighted by Crippen LogP contribution is 2.21. The summed E-state index contributed by atoms with van der Waals surface area (Å²) in [5, 5.41) is 7.48. The van der Waals surface area contributed by atoms with Crippen LogP contribution in [-0.4, -0.2) is 53.4 Å². The minimum absolute atomic E-state index is 0.0700. The SMILES string of the molecule is CN1CCO[C@H](C(=O)NCc2cn(C)nc2-c2ccccc2)C1. The molecule has 1 atom stereocenters. The summed E-state index contributed by atoms with van der Waals surface area (Å²) in [6.07, 6.45) is 1.54. The van der Waals surface area contributed by atoms with Crippen LogP contribution in [0, 0.1) is 0 Å². The van der Waals surface area contributed by atoms with Crippen LogP contribution in [0.25, 0.3) is 11.3 Å². The Balaban J connectivity index is 1.68. The topological polar surface area (TPSA) is 59.4 Å². The van der Waals surface area contributed by atoms with Crippen molar-refractivity contribution in [3.8, 4) is 11.3 Å². The number of benzene rings is 1. The number of likely N-dealkylation sites (N-methyl/N-ethyl adjacent to an activating group) is 1. The Morgan fingerprint density at radius 1 is 1.35 bits per heavy atom. The van der Waals surface area contributed by atoms with Crippen molar-refractivity contribution < 1.29 is 9.53 Å². The van der Waals surface area contributed by atoms with E-state index in [0.717, 1.165) is 23.4 Å². The molecule has 1 fully saturated rings. The number of hydrogen-bond acceptors (Lipinski definition) is 4. The first-order valence-corrected chi connectivity index (χ1v) is 7.79. The van der Waals surface area contributed by atoms with Gasteiger partial charge in [0.05, 0.1) is 12.3 Å². The van der Waals surface area contributed by atoms with Gasteiger partial charge in [-0.2, -0.15) is 5.10 Å². The van der Waals surface area contributed by atoms with Crippen LogP contribution in [0.4, 0.5) is 0 Å². The maximum atomic E-state index is 12.3. The van der Waals surface area contributed by atoms with E-state index >= 15 is 0 Å². The second-order valence-electron chi connectivity index (χ2n) is 5.88. The number of ether oxygens (including phenoxy) is 1. The predicted octanol–water partition coefficient (Wildman–Crippen LogP) is 1.03. The number of morpholine rings is 1. The summed E-state index contributed by atoms with van der Waals surface area (Å²) in [5.41, 5.74) is 2.94. The van der Waals surface area contributed by atoms with Crippen molar-refractivity contribution in [2.24, 2.45) is 7.05 Å². The molecule has 0 unspecified atom stereocenters. The molecule has 1 amide bonds. The molecule has 0 bridgehead atoms. The van der Waals surface area contributed by atoms with Crippen LogP contribution < -0.4 is 5.32 Å². The van der Waals surface area contributed by atoms with Gasteiger partial charge in [0.1, 0.15) is 6.10 Å². The number of carbonyl (C=O) groups excluding carboxylic acids is 1. The molecule has 1 N–H and O–H groups in total. The molecule has 0 radical (unpaired) electrons. The molecule has 1 aliphatic heterocycles. The molecule has 2 heterocycles. The summed E-state index contributed by atoms with van der Waals surface area (Å²) in [6, 6.07) is 9.99. The highest BCUT2D eigenvalue weighted by atomic mass is 16.5. The maximum Gasteiger partial charge on any atom is 0.250 e. The fourth-order valence-corrected chi connectivity index (χ4v) is 2.74. The maximum absolute atomic E-state index is 12.3. The zero-order valence-electron chi connectivity index (χ0n) is 13.5. The molecule has 6 heteroatoms. The number of nitrogens with one attached hydrogen (secondary N) is 1. The molecule has 2 aromatic rings. The molecule has 1 aliphatic rings. The smallest absolute Gasteiger partial charge is 0.250 e. The van der Waals surface area contributed by atoms with E-state index in [-0.39, 0.29) is 5.91 Å². The first-order chi connectivity index (χ1) is 11.1. The third kappa shape index (κ3) is 3.78. The summed E-state index contributed by atoms with van der Waals surface area (Å²) in [4.78, 5) is 14.4.